The lowest BCUT2D eigenvalue weighted by atomic mass is 10.1. The van der Waals surface area contributed by atoms with E-state index in [0.29, 0.717) is 18.7 Å². The maximum Gasteiger partial charge on any atom is 0.251 e. The second-order valence-corrected chi connectivity index (χ2v) is 6.16. The molecule has 2 N–H and O–H groups in total. The van der Waals surface area contributed by atoms with E-state index in [1.165, 1.54) is 6.08 Å². The van der Waals surface area contributed by atoms with Gasteiger partial charge in [0.15, 0.2) is 0 Å². The highest BCUT2D eigenvalue weighted by Crippen LogP contribution is 2.09. The van der Waals surface area contributed by atoms with Gasteiger partial charge in [-0.15, -0.1) is 0 Å². The molecular weight excluding hydrogens is 352 g/mol. The molecule has 0 saturated heterocycles. The second kappa shape index (κ2) is 9.32. The van der Waals surface area contributed by atoms with E-state index >= 15 is 0 Å². The van der Waals surface area contributed by atoms with Crippen molar-refractivity contribution in [3.05, 3.63) is 89.8 Å². The summed E-state index contributed by atoms with van der Waals surface area (Å²) >= 11 is 0. The molecule has 0 aliphatic rings. The first-order chi connectivity index (χ1) is 13.7. The Hall–Kier alpha value is -3.67. The summed E-state index contributed by atoms with van der Waals surface area (Å²) in [5, 5.41) is 9.88. The minimum atomic E-state index is -0.212. The lowest BCUT2D eigenvalue weighted by Crippen LogP contribution is -2.23. The Labute approximate surface area is 163 Å². The highest BCUT2D eigenvalue weighted by molar-refractivity contribution is 5.94. The fourth-order valence-electron chi connectivity index (χ4n) is 2.65. The largest absolute Gasteiger partial charge is 0.352 e. The fraction of sp³-hybridized carbons (Fsp3) is 0.136. The van der Waals surface area contributed by atoms with Gasteiger partial charge in [-0.2, -0.15) is 5.10 Å². The summed E-state index contributed by atoms with van der Waals surface area (Å²) < 4.78 is 1.75. The van der Waals surface area contributed by atoms with Gasteiger partial charge >= 0.3 is 0 Å². The minimum absolute atomic E-state index is 0.119. The number of nitrogens with zero attached hydrogens (tertiary/aromatic N) is 2. The van der Waals surface area contributed by atoms with Crippen LogP contribution >= 0.6 is 0 Å². The van der Waals surface area contributed by atoms with E-state index in [9.17, 15) is 9.59 Å². The van der Waals surface area contributed by atoms with Crippen LogP contribution in [0, 0.1) is 0 Å². The normalized spacial score (nSPS) is 10.8. The first-order valence-electron chi connectivity index (χ1n) is 9.09. The van der Waals surface area contributed by atoms with Crippen molar-refractivity contribution in [2.45, 2.75) is 13.5 Å². The van der Waals surface area contributed by atoms with Crippen LogP contribution < -0.4 is 10.6 Å². The van der Waals surface area contributed by atoms with Crippen molar-refractivity contribution in [2.24, 2.45) is 0 Å². The maximum atomic E-state index is 12.1. The van der Waals surface area contributed by atoms with Gasteiger partial charge in [0.2, 0.25) is 5.91 Å². The molecule has 1 heterocycles. The summed E-state index contributed by atoms with van der Waals surface area (Å²) in [5.74, 6) is -0.332. The van der Waals surface area contributed by atoms with E-state index in [4.69, 9.17) is 0 Å². The number of hydrogen-bond acceptors (Lipinski definition) is 3. The van der Waals surface area contributed by atoms with Gasteiger partial charge in [-0.05, 0) is 42.8 Å². The van der Waals surface area contributed by atoms with Crippen LogP contribution in [0.15, 0.2) is 73.1 Å². The summed E-state index contributed by atoms with van der Waals surface area (Å²) in [5.41, 5.74) is 3.23. The summed E-state index contributed by atoms with van der Waals surface area (Å²) in [6.07, 6.45) is 6.74. The molecule has 142 valence electrons. The number of benzene rings is 2. The van der Waals surface area contributed by atoms with Crippen LogP contribution in [0.25, 0.3) is 11.8 Å². The first-order valence-corrected chi connectivity index (χ1v) is 9.09. The maximum absolute atomic E-state index is 12.1. The van der Waals surface area contributed by atoms with Gasteiger partial charge in [-0.3, -0.25) is 9.59 Å². The summed E-state index contributed by atoms with van der Waals surface area (Å²) in [6, 6.07) is 17.0. The summed E-state index contributed by atoms with van der Waals surface area (Å²) in [6.45, 7) is 2.79. The Morgan fingerprint density at radius 3 is 2.68 bits per heavy atom. The number of para-hydroxylation sites is 1. The molecule has 6 nitrogen and oxygen atoms in total. The van der Waals surface area contributed by atoms with Crippen LogP contribution in [0.5, 0.6) is 0 Å². The molecule has 0 spiro atoms. The quantitative estimate of drug-likeness (QED) is 0.624. The highest BCUT2D eigenvalue weighted by atomic mass is 16.2. The molecule has 0 aliphatic heterocycles. The Kier molecular flexibility index (Phi) is 6.36. The Bertz CT molecular complexity index is 977. The average Bonchev–Trinajstić information content (AvgIpc) is 3.21. The predicted octanol–water partition coefficient (Wildman–Crippen LogP) is 2.95. The number of carbonyl (C=O) groups excluding carboxylic acids is 2. The number of carbonyl (C=O) groups is 2. The number of hydrogen-bond donors (Lipinski definition) is 2. The molecule has 0 atom stereocenters. The standard InChI is InChI=1S/C22H22N4O2/c1-2-23-22(28)19-8-6-7-17(13-19)14-24-21(27)12-11-18-15-25-26(16-18)20-9-4-3-5-10-20/h3-13,15-16H,2,14H2,1H3,(H,23,28)(H,24,27)/b12-11+. The van der Waals surface area contributed by atoms with Crippen molar-refractivity contribution in [2.75, 3.05) is 6.54 Å². The van der Waals surface area contributed by atoms with E-state index in [2.05, 4.69) is 15.7 Å². The van der Waals surface area contributed by atoms with E-state index < -0.39 is 0 Å². The summed E-state index contributed by atoms with van der Waals surface area (Å²) in [7, 11) is 0. The Morgan fingerprint density at radius 1 is 1.07 bits per heavy atom. The van der Waals surface area contributed by atoms with E-state index in [0.717, 1.165) is 16.8 Å². The molecule has 0 aliphatic carbocycles. The van der Waals surface area contributed by atoms with Crippen molar-refractivity contribution in [1.29, 1.82) is 0 Å². The van der Waals surface area contributed by atoms with Crippen molar-refractivity contribution in [3.8, 4) is 5.69 Å². The van der Waals surface area contributed by atoms with E-state index in [1.54, 1.807) is 35.2 Å². The molecule has 2 aromatic carbocycles. The van der Waals surface area contributed by atoms with E-state index in [1.807, 2.05) is 49.5 Å². The van der Waals surface area contributed by atoms with Gasteiger partial charge in [-0.1, -0.05) is 30.3 Å². The van der Waals surface area contributed by atoms with Crippen molar-refractivity contribution in [3.63, 3.8) is 0 Å². The molecule has 0 unspecified atom stereocenters. The monoisotopic (exact) mass is 374 g/mol. The lowest BCUT2D eigenvalue weighted by molar-refractivity contribution is -0.116. The van der Waals surface area contributed by atoms with Crippen molar-refractivity contribution >= 4 is 17.9 Å². The zero-order chi connectivity index (χ0) is 19.8. The van der Waals surface area contributed by atoms with Crippen molar-refractivity contribution < 1.29 is 9.59 Å². The molecule has 0 fully saturated rings. The lowest BCUT2D eigenvalue weighted by Gasteiger charge is -2.06. The Balaban J connectivity index is 1.55. The predicted molar refractivity (Wildman–Crippen MR) is 109 cm³/mol. The SMILES string of the molecule is CCNC(=O)c1cccc(CNC(=O)/C=C/c2cnn(-c3ccccc3)c2)c1. The van der Waals surface area contributed by atoms with Crippen LogP contribution in [0.2, 0.25) is 0 Å². The topological polar surface area (TPSA) is 76.0 Å². The fourth-order valence-corrected chi connectivity index (χ4v) is 2.65. The number of nitrogens with one attached hydrogen (secondary N) is 2. The number of aromatic nitrogens is 2. The molecular formula is C22H22N4O2. The van der Waals surface area contributed by atoms with Crippen molar-refractivity contribution in [1.82, 2.24) is 20.4 Å². The second-order valence-electron chi connectivity index (χ2n) is 6.16. The van der Waals surface area contributed by atoms with Crippen LogP contribution in [-0.2, 0) is 11.3 Å². The molecule has 0 bridgehead atoms. The van der Waals surface area contributed by atoms with Crippen LogP contribution in [0.3, 0.4) is 0 Å². The number of rotatable bonds is 7. The number of amides is 2. The van der Waals surface area contributed by atoms with Crippen LogP contribution in [-0.4, -0.2) is 28.1 Å². The van der Waals surface area contributed by atoms with Gasteiger partial charge in [-0.25, -0.2) is 4.68 Å². The third-order valence-electron chi connectivity index (χ3n) is 4.04. The third-order valence-corrected chi connectivity index (χ3v) is 4.04. The third kappa shape index (κ3) is 5.17. The first kappa shape index (κ1) is 19.1. The molecule has 2 amide bonds. The van der Waals surface area contributed by atoms with E-state index in [-0.39, 0.29) is 11.8 Å². The molecule has 0 saturated carbocycles. The summed E-state index contributed by atoms with van der Waals surface area (Å²) in [4.78, 5) is 24.0. The molecule has 6 heteroatoms. The molecule has 0 radical (unpaired) electrons. The molecule has 3 rings (SSSR count). The Morgan fingerprint density at radius 2 is 1.89 bits per heavy atom. The highest BCUT2D eigenvalue weighted by Gasteiger charge is 2.05. The van der Waals surface area contributed by atoms with Gasteiger partial charge < -0.3 is 10.6 Å². The molecule has 3 aromatic rings. The minimum Gasteiger partial charge on any atom is -0.352 e. The average molecular weight is 374 g/mol. The zero-order valence-corrected chi connectivity index (χ0v) is 15.6. The van der Waals surface area contributed by atoms with Crippen LogP contribution in [0.1, 0.15) is 28.4 Å². The molecule has 28 heavy (non-hydrogen) atoms. The smallest absolute Gasteiger partial charge is 0.251 e. The van der Waals surface area contributed by atoms with Gasteiger partial charge in [0.05, 0.1) is 11.9 Å². The van der Waals surface area contributed by atoms with Crippen LogP contribution in [0.4, 0.5) is 0 Å². The van der Waals surface area contributed by atoms with Gasteiger partial charge in [0.1, 0.15) is 0 Å². The van der Waals surface area contributed by atoms with Gasteiger partial charge in [0.25, 0.3) is 5.91 Å². The zero-order valence-electron chi connectivity index (χ0n) is 15.6. The molecule has 1 aromatic heterocycles. The van der Waals surface area contributed by atoms with Gasteiger partial charge in [0, 0.05) is 36.5 Å².